The molecule has 0 spiro atoms. The number of carbonyl (C=O) groups excluding carboxylic acids is 1. The van der Waals surface area contributed by atoms with Gasteiger partial charge in [0.1, 0.15) is 11.6 Å². The zero-order chi connectivity index (χ0) is 17.6. The van der Waals surface area contributed by atoms with E-state index in [4.69, 9.17) is 4.74 Å². The lowest BCUT2D eigenvalue weighted by molar-refractivity contribution is -0.134. The molecule has 1 aliphatic rings. The molecule has 6 heteroatoms. The maximum atomic E-state index is 13.5. The van der Waals surface area contributed by atoms with Gasteiger partial charge in [-0.25, -0.2) is 4.39 Å². The molecule has 1 atom stereocenters. The highest BCUT2D eigenvalue weighted by molar-refractivity contribution is 5.85. The first-order valence-electron chi connectivity index (χ1n) is 8.56. The first-order valence-corrected chi connectivity index (χ1v) is 8.56. The van der Waals surface area contributed by atoms with Crippen LogP contribution >= 0.6 is 12.4 Å². The number of hydrogen-bond acceptors (Lipinski definition) is 3. The number of carbonyl (C=O) groups is 1. The normalized spacial score (nSPS) is 16.7. The summed E-state index contributed by atoms with van der Waals surface area (Å²) in [6.07, 6.45) is 1.13. The van der Waals surface area contributed by atoms with Crippen molar-refractivity contribution in [3.05, 3.63) is 65.5 Å². The predicted octanol–water partition coefficient (Wildman–Crippen LogP) is 3.36. The summed E-state index contributed by atoms with van der Waals surface area (Å²) in [5.74, 6) is 0.642. The maximum Gasteiger partial charge on any atom is 0.223 e. The second kappa shape index (κ2) is 9.55. The highest BCUT2D eigenvalue weighted by atomic mass is 35.5. The number of ether oxygens (including phenoxy) is 1. The SMILES string of the molecule is COc1ccc(CCC(=O)N2CCNCC2c2cccc(F)c2)cc1.Cl. The van der Waals surface area contributed by atoms with Crippen molar-refractivity contribution >= 4 is 18.3 Å². The zero-order valence-corrected chi connectivity index (χ0v) is 15.6. The Morgan fingerprint density at radius 1 is 1.27 bits per heavy atom. The van der Waals surface area contributed by atoms with E-state index in [1.165, 1.54) is 12.1 Å². The van der Waals surface area contributed by atoms with E-state index in [0.29, 0.717) is 25.9 Å². The minimum absolute atomic E-state index is 0. The molecule has 0 bridgehead atoms. The Balaban J connectivity index is 0.00000243. The maximum absolute atomic E-state index is 13.5. The topological polar surface area (TPSA) is 41.6 Å². The fraction of sp³-hybridized carbons (Fsp3) is 0.350. The van der Waals surface area contributed by atoms with Gasteiger partial charge in [0.2, 0.25) is 5.91 Å². The van der Waals surface area contributed by atoms with Crippen LogP contribution in [0.4, 0.5) is 4.39 Å². The van der Waals surface area contributed by atoms with Crippen LogP contribution in [0, 0.1) is 5.82 Å². The van der Waals surface area contributed by atoms with E-state index in [2.05, 4.69) is 5.32 Å². The molecule has 1 amide bonds. The molecule has 1 fully saturated rings. The quantitative estimate of drug-likeness (QED) is 0.867. The summed E-state index contributed by atoms with van der Waals surface area (Å²) >= 11 is 0. The number of nitrogens with one attached hydrogen (secondary N) is 1. The van der Waals surface area contributed by atoms with Crippen molar-refractivity contribution in [1.82, 2.24) is 10.2 Å². The van der Waals surface area contributed by atoms with Gasteiger partial charge in [-0.3, -0.25) is 4.79 Å². The Bertz CT molecular complexity index is 724. The third kappa shape index (κ3) is 4.96. The summed E-state index contributed by atoms with van der Waals surface area (Å²) in [5.41, 5.74) is 1.94. The number of halogens is 2. The number of nitrogens with zero attached hydrogens (tertiary/aromatic N) is 1. The van der Waals surface area contributed by atoms with Gasteiger partial charge < -0.3 is 15.0 Å². The van der Waals surface area contributed by atoms with Crippen LogP contribution in [-0.4, -0.2) is 37.6 Å². The van der Waals surface area contributed by atoms with Gasteiger partial charge in [0, 0.05) is 26.1 Å². The Hall–Kier alpha value is -2.11. The van der Waals surface area contributed by atoms with E-state index < -0.39 is 0 Å². The molecule has 26 heavy (non-hydrogen) atoms. The molecule has 0 aromatic heterocycles. The summed E-state index contributed by atoms with van der Waals surface area (Å²) in [4.78, 5) is 14.6. The Labute approximate surface area is 159 Å². The van der Waals surface area contributed by atoms with Crippen LogP contribution in [0.5, 0.6) is 5.75 Å². The summed E-state index contributed by atoms with van der Waals surface area (Å²) in [6, 6.07) is 14.2. The van der Waals surface area contributed by atoms with Crippen molar-refractivity contribution in [3.63, 3.8) is 0 Å². The number of rotatable bonds is 5. The lowest BCUT2D eigenvalue weighted by Crippen LogP contribution is -2.48. The van der Waals surface area contributed by atoms with E-state index in [1.54, 1.807) is 13.2 Å². The van der Waals surface area contributed by atoms with Gasteiger partial charge in [-0.05, 0) is 41.8 Å². The summed E-state index contributed by atoms with van der Waals surface area (Å²) in [6.45, 7) is 2.06. The standard InChI is InChI=1S/C20H23FN2O2.ClH/c1-25-18-8-5-15(6-9-18)7-10-20(24)23-12-11-22-14-19(23)16-3-2-4-17(21)13-16;/h2-6,8-9,13,19,22H,7,10-12,14H2,1H3;1H. The van der Waals surface area contributed by atoms with Gasteiger partial charge >= 0.3 is 0 Å². The molecular formula is C20H24ClFN2O2. The first kappa shape index (κ1) is 20.2. The summed E-state index contributed by atoms with van der Waals surface area (Å²) in [5, 5.41) is 3.29. The van der Waals surface area contributed by atoms with E-state index in [1.807, 2.05) is 35.2 Å². The fourth-order valence-corrected chi connectivity index (χ4v) is 3.20. The number of piperazine rings is 1. The second-order valence-electron chi connectivity index (χ2n) is 6.21. The van der Waals surface area contributed by atoms with Crippen molar-refractivity contribution in [2.24, 2.45) is 0 Å². The van der Waals surface area contributed by atoms with Crippen LogP contribution in [0.25, 0.3) is 0 Å². The molecule has 1 heterocycles. The van der Waals surface area contributed by atoms with E-state index in [0.717, 1.165) is 23.4 Å². The van der Waals surface area contributed by atoms with Crippen molar-refractivity contribution in [2.45, 2.75) is 18.9 Å². The van der Waals surface area contributed by atoms with Crippen LogP contribution in [0.15, 0.2) is 48.5 Å². The number of benzene rings is 2. The summed E-state index contributed by atoms with van der Waals surface area (Å²) < 4.78 is 18.7. The average molecular weight is 379 g/mol. The van der Waals surface area contributed by atoms with Crippen molar-refractivity contribution in [3.8, 4) is 5.75 Å². The molecule has 0 aliphatic carbocycles. The summed E-state index contributed by atoms with van der Waals surface area (Å²) in [7, 11) is 1.63. The minimum atomic E-state index is -0.270. The first-order chi connectivity index (χ1) is 12.2. The fourth-order valence-electron chi connectivity index (χ4n) is 3.20. The van der Waals surface area contributed by atoms with Gasteiger partial charge in [-0.1, -0.05) is 24.3 Å². The molecular weight excluding hydrogens is 355 g/mol. The van der Waals surface area contributed by atoms with Gasteiger partial charge in [0.15, 0.2) is 0 Å². The minimum Gasteiger partial charge on any atom is -0.497 e. The van der Waals surface area contributed by atoms with Crippen LogP contribution in [-0.2, 0) is 11.2 Å². The molecule has 3 rings (SSSR count). The monoisotopic (exact) mass is 378 g/mol. The number of hydrogen-bond donors (Lipinski definition) is 1. The Kier molecular flexibility index (Phi) is 7.42. The predicted molar refractivity (Wildman–Crippen MR) is 102 cm³/mol. The molecule has 4 nitrogen and oxygen atoms in total. The number of aryl methyl sites for hydroxylation is 1. The van der Waals surface area contributed by atoms with E-state index in [9.17, 15) is 9.18 Å². The van der Waals surface area contributed by atoms with Crippen molar-refractivity contribution in [2.75, 3.05) is 26.7 Å². The van der Waals surface area contributed by atoms with Crippen molar-refractivity contribution in [1.29, 1.82) is 0 Å². The molecule has 2 aromatic carbocycles. The molecule has 2 aromatic rings. The lowest BCUT2D eigenvalue weighted by Gasteiger charge is -2.36. The second-order valence-corrected chi connectivity index (χ2v) is 6.21. The molecule has 0 saturated carbocycles. The third-order valence-corrected chi connectivity index (χ3v) is 4.58. The van der Waals surface area contributed by atoms with Crippen LogP contribution in [0.2, 0.25) is 0 Å². The zero-order valence-electron chi connectivity index (χ0n) is 14.8. The molecule has 1 saturated heterocycles. The molecule has 1 N–H and O–H groups in total. The third-order valence-electron chi connectivity index (χ3n) is 4.58. The van der Waals surface area contributed by atoms with Crippen LogP contribution in [0.3, 0.4) is 0 Å². The smallest absolute Gasteiger partial charge is 0.223 e. The molecule has 1 unspecified atom stereocenters. The Morgan fingerprint density at radius 3 is 2.73 bits per heavy atom. The van der Waals surface area contributed by atoms with Crippen LogP contribution in [0.1, 0.15) is 23.6 Å². The number of amides is 1. The molecule has 140 valence electrons. The van der Waals surface area contributed by atoms with Gasteiger partial charge in [-0.2, -0.15) is 0 Å². The number of methoxy groups -OCH3 is 1. The average Bonchev–Trinajstić information content (AvgIpc) is 2.66. The molecule has 0 radical (unpaired) electrons. The lowest BCUT2D eigenvalue weighted by atomic mass is 10.0. The highest BCUT2D eigenvalue weighted by Crippen LogP contribution is 2.24. The van der Waals surface area contributed by atoms with Gasteiger partial charge in [0.25, 0.3) is 0 Å². The van der Waals surface area contributed by atoms with E-state index in [-0.39, 0.29) is 30.2 Å². The van der Waals surface area contributed by atoms with E-state index >= 15 is 0 Å². The largest absolute Gasteiger partial charge is 0.497 e. The van der Waals surface area contributed by atoms with Crippen molar-refractivity contribution < 1.29 is 13.9 Å². The van der Waals surface area contributed by atoms with Gasteiger partial charge in [-0.15, -0.1) is 12.4 Å². The van der Waals surface area contributed by atoms with Gasteiger partial charge in [0.05, 0.1) is 13.2 Å². The highest BCUT2D eigenvalue weighted by Gasteiger charge is 2.27. The Morgan fingerprint density at radius 2 is 2.04 bits per heavy atom. The molecule has 1 aliphatic heterocycles. The van der Waals surface area contributed by atoms with Crippen LogP contribution < -0.4 is 10.1 Å².